The molecular weight excluding hydrogens is 240 g/mol. The lowest BCUT2D eigenvalue weighted by Crippen LogP contribution is -2.54. The maximum Gasteiger partial charge on any atom is 0.129 e. The number of aliphatic hydroxyl groups is 1. The second-order valence-corrected chi connectivity index (χ2v) is 6.19. The van der Waals surface area contributed by atoms with Gasteiger partial charge in [-0.2, -0.15) is 0 Å². The van der Waals surface area contributed by atoms with E-state index >= 15 is 0 Å². The van der Waals surface area contributed by atoms with E-state index in [2.05, 4.69) is 30.9 Å². The molecule has 2 heterocycles. The SMILES string of the molecule is CC1(C)CN(c2ccc3c(n2)CCC3)CC(CO)O1. The summed E-state index contributed by atoms with van der Waals surface area (Å²) in [5.41, 5.74) is 2.41. The molecule has 0 aromatic carbocycles. The smallest absolute Gasteiger partial charge is 0.129 e. The van der Waals surface area contributed by atoms with Gasteiger partial charge in [0.25, 0.3) is 0 Å². The zero-order valence-corrected chi connectivity index (χ0v) is 11.7. The second-order valence-electron chi connectivity index (χ2n) is 6.19. The second kappa shape index (κ2) is 4.76. The van der Waals surface area contributed by atoms with Gasteiger partial charge in [-0.25, -0.2) is 4.98 Å². The molecule has 19 heavy (non-hydrogen) atoms. The van der Waals surface area contributed by atoms with Crippen molar-refractivity contribution in [1.29, 1.82) is 0 Å². The molecule has 1 fully saturated rings. The topological polar surface area (TPSA) is 45.6 Å². The number of rotatable bonds is 2. The van der Waals surface area contributed by atoms with Gasteiger partial charge in [0, 0.05) is 18.8 Å². The predicted octanol–water partition coefficient (Wildman–Crippen LogP) is 1.55. The number of anilines is 1. The number of hydrogen-bond donors (Lipinski definition) is 1. The average molecular weight is 262 g/mol. The molecule has 1 unspecified atom stereocenters. The lowest BCUT2D eigenvalue weighted by atomic mass is 10.1. The first-order valence-corrected chi connectivity index (χ1v) is 7.10. The molecule has 1 aliphatic carbocycles. The van der Waals surface area contributed by atoms with Crippen molar-refractivity contribution in [3.63, 3.8) is 0 Å². The fourth-order valence-electron chi connectivity index (χ4n) is 3.15. The Labute approximate surface area is 114 Å². The molecule has 3 rings (SSSR count). The molecule has 0 spiro atoms. The van der Waals surface area contributed by atoms with E-state index in [0.717, 1.165) is 25.2 Å². The first kappa shape index (κ1) is 12.9. The number of pyridine rings is 1. The maximum absolute atomic E-state index is 9.37. The van der Waals surface area contributed by atoms with Crippen LogP contribution in [-0.4, -0.2) is 41.5 Å². The number of nitrogens with zero attached hydrogens (tertiary/aromatic N) is 2. The third-order valence-electron chi connectivity index (χ3n) is 3.92. The molecule has 0 bridgehead atoms. The quantitative estimate of drug-likeness (QED) is 0.878. The first-order chi connectivity index (χ1) is 9.07. The van der Waals surface area contributed by atoms with Gasteiger partial charge in [0.05, 0.1) is 18.3 Å². The van der Waals surface area contributed by atoms with Gasteiger partial charge >= 0.3 is 0 Å². The Balaban J connectivity index is 1.84. The Hall–Kier alpha value is -1.13. The number of aliphatic hydroxyl groups excluding tert-OH is 1. The van der Waals surface area contributed by atoms with Crippen LogP contribution < -0.4 is 4.90 Å². The summed E-state index contributed by atoms with van der Waals surface area (Å²) < 4.78 is 5.85. The van der Waals surface area contributed by atoms with Crippen LogP contribution >= 0.6 is 0 Å². The van der Waals surface area contributed by atoms with E-state index in [1.54, 1.807) is 0 Å². The monoisotopic (exact) mass is 262 g/mol. The van der Waals surface area contributed by atoms with Crippen molar-refractivity contribution in [3.05, 3.63) is 23.4 Å². The highest BCUT2D eigenvalue weighted by molar-refractivity contribution is 5.44. The Morgan fingerprint density at radius 2 is 2.26 bits per heavy atom. The van der Waals surface area contributed by atoms with E-state index < -0.39 is 0 Å². The molecule has 0 radical (unpaired) electrons. The summed E-state index contributed by atoms with van der Waals surface area (Å²) in [7, 11) is 0. The van der Waals surface area contributed by atoms with Crippen molar-refractivity contribution < 1.29 is 9.84 Å². The number of hydrogen-bond acceptors (Lipinski definition) is 4. The third-order valence-corrected chi connectivity index (χ3v) is 3.92. The summed E-state index contributed by atoms with van der Waals surface area (Å²) in [6.07, 6.45) is 3.36. The summed E-state index contributed by atoms with van der Waals surface area (Å²) in [4.78, 5) is 7.04. The molecule has 1 atom stereocenters. The average Bonchev–Trinajstić information content (AvgIpc) is 2.83. The Bertz CT molecular complexity index is 473. The molecule has 1 aromatic heterocycles. The molecule has 1 aliphatic heterocycles. The zero-order valence-electron chi connectivity index (χ0n) is 11.7. The highest BCUT2D eigenvalue weighted by Gasteiger charge is 2.33. The minimum absolute atomic E-state index is 0.0604. The molecule has 1 aromatic rings. The molecule has 104 valence electrons. The summed E-state index contributed by atoms with van der Waals surface area (Å²) in [5, 5.41) is 9.37. The first-order valence-electron chi connectivity index (χ1n) is 7.10. The molecule has 1 N–H and O–H groups in total. The van der Waals surface area contributed by atoms with Crippen molar-refractivity contribution >= 4 is 5.82 Å². The van der Waals surface area contributed by atoms with Crippen LogP contribution in [0.5, 0.6) is 0 Å². The van der Waals surface area contributed by atoms with Crippen LogP contribution in [0.15, 0.2) is 12.1 Å². The van der Waals surface area contributed by atoms with Crippen molar-refractivity contribution in [2.24, 2.45) is 0 Å². The number of morpholine rings is 1. The molecule has 4 heteroatoms. The van der Waals surface area contributed by atoms with Crippen LogP contribution in [0, 0.1) is 0 Å². The Kier molecular flexibility index (Phi) is 3.23. The third kappa shape index (κ3) is 2.60. The Morgan fingerprint density at radius 3 is 3.05 bits per heavy atom. The normalized spacial score (nSPS) is 25.4. The summed E-state index contributed by atoms with van der Waals surface area (Å²) in [6.45, 7) is 5.72. The highest BCUT2D eigenvalue weighted by atomic mass is 16.5. The molecular formula is C15H22N2O2. The van der Waals surface area contributed by atoms with Gasteiger partial charge in [-0.05, 0) is 44.7 Å². The number of aryl methyl sites for hydroxylation is 2. The van der Waals surface area contributed by atoms with Gasteiger partial charge in [0.1, 0.15) is 5.82 Å². The van der Waals surface area contributed by atoms with E-state index in [1.165, 1.54) is 17.7 Å². The molecule has 4 nitrogen and oxygen atoms in total. The molecule has 0 saturated carbocycles. The van der Waals surface area contributed by atoms with Gasteiger partial charge in [0.2, 0.25) is 0 Å². The van der Waals surface area contributed by atoms with Crippen molar-refractivity contribution in [3.8, 4) is 0 Å². The van der Waals surface area contributed by atoms with Crippen molar-refractivity contribution in [2.75, 3.05) is 24.6 Å². The van der Waals surface area contributed by atoms with Crippen molar-refractivity contribution in [1.82, 2.24) is 4.98 Å². The maximum atomic E-state index is 9.37. The van der Waals surface area contributed by atoms with Gasteiger partial charge in [0.15, 0.2) is 0 Å². The number of ether oxygens (including phenoxy) is 1. The summed E-state index contributed by atoms with van der Waals surface area (Å²) in [5.74, 6) is 1.02. The fraction of sp³-hybridized carbons (Fsp3) is 0.667. The lowest BCUT2D eigenvalue weighted by molar-refractivity contribution is -0.101. The lowest BCUT2D eigenvalue weighted by Gasteiger charge is -2.43. The van der Waals surface area contributed by atoms with E-state index in [1.807, 2.05) is 0 Å². The van der Waals surface area contributed by atoms with Gasteiger partial charge in [-0.1, -0.05) is 6.07 Å². The van der Waals surface area contributed by atoms with Crippen LogP contribution in [0.25, 0.3) is 0 Å². The van der Waals surface area contributed by atoms with Crippen LogP contribution in [0.2, 0.25) is 0 Å². The predicted molar refractivity (Wildman–Crippen MR) is 74.5 cm³/mol. The largest absolute Gasteiger partial charge is 0.394 e. The van der Waals surface area contributed by atoms with E-state index in [4.69, 9.17) is 9.72 Å². The molecule has 0 amide bonds. The van der Waals surface area contributed by atoms with E-state index in [0.29, 0.717) is 6.54 Å². The minimum atomic E-state index is -0.244. The molecule has 2 aliphatic rings. The van der Waals surface area contributed by atoms with Crippen LogP contribution in [0.3, 0.4) is 0 Å². The van der Waals surface area contributed by atoms with Crippen LogP contribution in [0.1, 0.15) is 31.5 Å². The zero-order chi connectivity index (χ0) is 13.5. The number of aromatic nitrogens is 1. The summed E-state index contributed by atoms with van der Waals surface area (Å²) in [6, 6.07) is 4.32. The van der Waals surface area contributed by atoms with Crippen molar-refractivity contribution in [2.45, 2.75) is 44.8 Å². The van der Waals surface area contributed by atoms with Gasteiger partial charge < -0.3 is 14.7 Å². The summed E-state index contributed by atoms with van der Waals surface area (Å²) >= 11 is 0. The Morgan fingerprint density at radius 1 is 1.42 bits per heavy atom. The van der Waals surface area contributed by atoms with Crippen LogP contribution in [-0.2, 0) is 17.6 Å². The van der Waals surface area contributed by atoms with Gasteiger partial charge in [-0.15, -0.1) is 0 Å². The van der Waals surface area contributed by atoms with E-state index in [9.17, 15) is 5.11 Å². The van der Waals surface area contributed by atoms with E-state index in [-0.39, 0.29) is 18.3 Å². The fourth-order valence-corrected chi connectivity index (χ4v) is 3.15. The highest BCUT2D eigenvalue weighted by Crippen LogP contribution is 2.28. The minimum Gasteiger partial charge on any atom is -0.394 e. The van der Waals surface area contributed by atoms with Crippen LogP contribution in [0.4, 0.5) is 5.82 Å². The standard InChI is InChI=1S/C15H22N2O2/c1-15(2)10-17(8-12(9-18)19-15)14-7-6-11-4-3-5-13(11)16-14/h6-7,12,18H,3-5,8-10H2,1-2H3. The number of fused-ring (bicyclic) bond motifs is 1. The molecule has 1 saturated heterocycles. The van der Waals surface area contributed by atoms with Gasteiger partial charge in [-0.3, -0.25) is 0 Å².